The van der Waals surface area contributed by atoms with Gasteiger partial charge in [-0.3, -0.25) is 4.79 Å². The lowest BCUT2D eigenvalue weighted by Gasteiger charge is -2.20. The summed E-state index contributed by atoms with van der Waals surface area (Å²) in [5.74, 6) is -0.493. The second-order valence-electron chi connectivity index (χ2n) is 4.93. The fraction of sp³-hybridized carbons (Fsp3) is 0.357. The smallest absolute Gasteiger partial charge is 0.257 e. The number of hydrogen-bond donors (Lipinski definition) is 1. The zero-order chi connectivity index (χ0) is 14.5. The van der Waals surface area contributed by atoms with Gasteiger partial charge in [-0.05, 0) is 18.1 Å². The molecule has 1 aromatic carbocycles. The van der Waals surface area contributed by atoms with Crippen molar-refractivity contribution in [3.8, 4) is 0 Å². The third-order valence-electron chi connectivity index (χ3n) is 2.97. The Morgan fingerprint density at radius 3 is 2.37 bits per heavy atom. The number of carbonyl (C=O) groups excluding carboxylic acids is 1. The molecule has 0 aromatic heterocycles. The lowest BCUT2D eigenvalue weighted by atomic mass is 9.90. The first-order chi connectivity index (χ1) is 8.77. The fourth-order valence-electron chi connectivity index (χ4n) is 1.19. The van der Waals surface area contributed by atoms with Crippen LogP contribution in [0.4, 0.5) is 0 Å². The summed E-state index contributed by atoms with van der Waals surface area (Å²) in [6.07, 6.45) is 2.02. The van der Waals surface area contributed by atoms with Crippen LogP contribution in [0, 0.1) is 5.41 Å². The highest BCUT2D eigenvalue weighted by Crippen LogP contribution is 2.19. The highest BCUT2D eigenvalue weighted by molar-refractivity contribution is 7.93. The number of carbonyl (C=O) groups is 1. The van der Waals surface area contributed by atoms with E-state index in [1.807, 2.05) is 25.1 Å². The molecule has 0 atom stereocenters. The molecule has 0 fully saturated rings. The molecule has 0 aliphatic rings. The summed E-state index contributed by atoms with van der Waals surface area (Å²) in [7, 11) is -3.75. The standard InChI is InChI=1S/C14H19NO3S/c1-4-14(2,3)13(16)15-19(17,18)11-10-12-8-6-5-7-9-12/h5-11H,4H2,1-3H3,(H,15,16)/b11-10-. The molecule has 19 heavy (non-hydrogen) atoms. The van der Waals surface area contributed by atoms with E-state index in [0.29, 0.717) is 6.42 Å². The summed E-state index contributed by atoms with van der Waals surface area (Å²) < 4.78 is 25.6. The Kier molecular flexibility index (Phi) is 4.89. The first-order valence-corrected chi connectivity index (χ1v) is 7.62. The first-order valence-electron chi connectivity index (χ1n) is 6.07. The van der Waals surface area contributed by atoms with Gasteiger partial charge in [-0.25, -0.2) is 13.1 Å². The molecule has 0 radical (unpaired) electrons. The molecule has 104 valence electrons. The van der Waals surface area contributed by atoms with Crippen molar-refractivity contribution in [3.05, 3.63) is 41.3 Å². The Morgan fingerprint density at radius 1 is 1.26 bits per heavy atom. The monoisotopic (exact) mass is 281 g/mol. The minimum absolute atomic E-state index is 0.493. The maximum absolute atomic E-state index is 11.8. The number of amides is 1. The van der Waals surface area contributed by atoms with Crippen LogP contribution in [0.15, 0.2) is 35.7 Å². The van der Waals surface area contributed by atoms with Crippen LogP contribution in [-0.4, -0.2) is 14.3 Å². The minimum Gasteiger partial charge on any atom is -0.273 e. The van der Waals surface area contributed by atoms with Gasteiger partial charge in [-0.2, -0.15) is 0 Å². The van der Waals surface area contributed by atoms with Gasteiger partial charge in [0.25, 0.3) is 10.0 Å². The molecule has 0 unspecified atom stereocenters. The van der Waals surface area contributed by atoms with E-state index in [4.69, 9.17) is 0 Å². The van der Waals surface area contributed by atoms with Crippen LogP contribution in [0.2, 0.25) is 0 Å². The van der Waals surface area contributed by atoms with E-state index in [1.165, 1.54) is 6.08 Å². The predicted molar refractivity (Wildman–Crippen MR) is 76.6 cm³/mol. The van der Waals surface area contributed by atoms with Crippen LogP contribution in [0.3, 0.4) is 0 Å². The molecule has 1 rings (SSSR count). The van der Waals surface area contributed by atoms with Crippen molar-refractivity contribution in [2.24, 2.45) is 5.41 Å². The number of hydrogen-bond acceptors (Lipinski definition) is 3. The summed E-state index contributed by atoms with van der Waals surface area (Å²) in [6.45, 7) is 5.25. The van der Waals surface area contributed by atoms with Crippen LogP contribution in [0.25, 0.3) is 6.08 Å². The summed E-state index contributed by atoms with van der Waals surface area (Å²) in [5, 5.41) is 1.01. The minimum atomic E-state index is -3.75. The molecule has 1 aromatic rings. The third kappa shape index (κ3) is 4.87. The van der Waals surface area contributed by atoms with Crippen molar-refractivity contribution < 1.29 is 13.2 Å². The molecular formula is C14H19NO3S. The van der Waals surface area contributed by atoms with Gasteiger partial charge in [-0.15, -0.1) is 0 Å². The maximum atomic E-state index is 11.8. The van der Waals surface area contributed by atoms with E-state index >= 15 is 0 Å². The maximum Gasteiger partial charge on any atom is 0.257 e. The molecule has 0 saturated heterocycles. The fourth-order valence-corrected chi connectivity index (χ4v) is 2.13. The molecule has 0 aliphatic heterocycles. The van der Waals surface area contributed by atoms with Crippen LogP contribution < -0.4 is 4.72 Å². The number of rotatable bonds is 5. The summed E-state index contributed by atoms with van der Waals surface area (Å²) in [4.78, 5) is 11.8. The van der Waals surface area contributed by atoms with E-state index in [0.717, 1.165) is 11.0 Å². The Morgan fingerprint density at radius 2 is 1.84 bits per heavy atom. The molecule has 1 amide bonds. The van der Waals surface area contributed by atoms with E-state index in [-0.39, 0.29) is 0 Å². The summed E-state index contributed by atoms with van der Waals surface area (Å²) in [6, 6.07) is 9.03. The summed E-state index contributed by atoms with van der Waals surface area (Å²) in [5.41, 5.74) is 0.0586. The van der Waals surface area contributed by atoms with E-state index in [1.54, 1.807) is 26.0 Å². The van der Waals surface area contributed by atoms with E-state index < -0.39 is 21.3 Å². The topological polar surface area (TPSA) is 63.2 Å². The molecular weight excluding hydrogens is 262 g/mol. The molecule has 4 nitrogen and oxygen atoms in total. The second kappa shape index (κ2) is 6.02. The first kappa shape index (κ1) is 15.4. The zero-order valence-corrected chi connectivity index (χ0v) is 12.2. The normalized spacial score (nSPS) is 12.6. The molecule has 1 N–H and O–H groups in total. The van der Waals surface area contributed by atoms with Crippen molar-refractivity contribution in [3.63, 3.8) is 0 Å². The molecule has 0 aliphatic carbocycles. The van der Waals surface area contributed by atoms with E-state index in [9.17, 15) is 13.2 Å². The second-order valence-corrected chi connectivity index (χ2v) is 6.49. The van der Waals surface area contributed by atoms with Gasteiger partial charge in [0.1, 0.15) is 0 Å². The number of nitrogens with one attached hydrogen (secondary N) is 1. The van der Waals surface area contributed by atoms with Crippen LogP contribution in [0.5, 0.6) is 0 Å². The average Bonchev–Trinajstić information content (AvgIpc) is 2.37. The Balaban J connectivity index is 2.78. The van der Waals surface area contributed by atoms with Crippen LogP contribution >= 0.6 is 0 Å². The van der Waals surface area contributed by atoms with Gasteiger partial charge < -0.3 is 0 Å². The van der Waals surface area contributed by atoms with E-state index in [2.05, 4.69) is 4.72 Å². The van der Waals surface area contributed by atoms with Gasteiger partial charge in [0.15, 0.2) is 0 Å². The number of sulfonamides is 1. The van der Waals surface area contributed by atoms with Crippen molar-refractivity contribution in [1.29, 1.82) is 0 Å². The van der Waals surface area contributed by atoms with Crippen LogP contribution in [0.1, 0.15) is 32.8 Å². The average molecular weight is 281 g/mol. The Bertz CT molecular complexity index is 560. The molecule has 0 spiro atoms. The highest BCUT2D eigenvalue weighted by atomic mass is 32.2. The molecule has 5 heteroatoms. The summed E-state index contributed by atoms with van der Waals surface area (Å²) >= 11 is 0. The van der Waals surface area contributed by atoms with Gasteiger partial charge >= 0.3 is 0 Å². The predicted octanol–water partition coefficient (Wildman–Crippen LogP) is 2.54. The highest BCUT2D eigenvalue weighted by Gasteiger charge is 2.27. The largest absolute Gasteiger partial charge is 0.273 e. The van der Waals surface area contributed by atoms with Crippen LogP contribution in [-0.2, 0) is 14.8 Å². The molecule has 0 heterocycles. The Labute approximate surface area is 114 Å². The van der Waals surface area contributed by atoms with Crippen molar-refractivity contribution in [2.45, 2.75) is 27.2 Å². The van der Waals surface area contributed by atoms with Gasteiger partial charge in [-0.1, -0.05) is 51.1 Å². The van der Waals surface area contributed by atoms with Gasteiger partial charge in [0.05, 0.1) is 5.41 Å². The Hall–Kier alpha value is -1.62. The molecule has 0 saturated carbocycles. The lowest BCUT2D eigenvalue weighted by molar-refractivity contribution is -0.127. The molecule has 0 bridgehead atoms. The zero-order valence-electron chi connectivity index (χ0n) is 11.4. The van der Waals surface area contributed by atoms with Gasteiger partial charge in [0.2, 0.25) is 5.91 Å². The van der Waals surface area contributed by atoms with Gasteiger partial charge in [0, 0.05) is 5.41 Å². The lowest BCUT2D eigenvalue weighted by Crippen LogP contribution is -2.39. The third-order valence-corrected chi connectivity index (χ3v) is 3.94. The van der Waals surface area contributed by atoms with Crippen molar-refractivity contribution in [1.82, 2.24) is 4.72 Å². The van der Waals surface area contributed by atoms with Crippen molar-refractivity contribution in [2.75, 3.05) is 0 Å². The van der Waals surface area contributed by atoms with Crippen molar-refractivity contribution >= 4 is 22.0 Å². The quantitative estimate of drug-likeness (QED) is 0.902. The number of benzene rings is 1. The SMILES string of the molecule is CCC(C)(C)C(=O)NS(=O)(=O)/C=C\c1ccccc1.